The molecule has 5 N–H and O–H groups in total. The average Bonchev–Trinajstić information content (AvgIpc) is 1.89. The Morgan fingerprint density at radius 3 is 2.67 bits per heavy atom. The Bertz CT molecular complexity index is 61.8. The highest BCUT2D eigenvalue weighted by Gasteiger charge is 1.99. The smallest absolute Gasteiger partial charge is 0.143 e. The summed E-state index contributed by atoms with van der Waals surface area (Å²) in [6, 6.07) is 0. The van der Waals surface area contributed by atoms with Gasteiger partial charge in [-0.3, -0.25) is 5.26 Å². The topological polar surface area (TPSA) is 100.0 Å². The van der Waals surface area contributed by atoms with Gasteiger partial charge in [0, 0.05) is 6.42 Å². The van der Waals surface area contributed by atoms with Gasteiger partial charge in [-0.2, -0.15) is 5.90 Å². The van der Waals surface area contributed by atoms with E-state index in [1.807, 2.05) is 0 Å². The summed E-state index contributed by atoms with van der Waals surface area (Å²) in [5, 5.41) is 7.88. The Morgan fingerprint density at radius 2 is 2.22 bits per heavy atom. The van der Waals surface area contributed by atoms with E-state index in [4.69, 9.17) is 11.0 Å². The van der Waals surface area contributed by atoms with Gasteiger partial charge < -0.3 is 5.73 Å². The monoisotopic (exact) mass is 138 g/mol. The van der Waals surface area contributed by atoms with Crippen molar-refractivity contribution in [2.75, 3.05) is 6.61 Å². The van der Waals surface area contributed by atoms with Crippen LogP contribution < -0.4 is 11.6 Å². The van der Waals surface area contributed by atoms with Gasteiger partial charge in [-0.25, -0.2) is 9.78 Å². The molecule has 0 bridgehead atoms. The van der Waals surface area contributed by atoms with Crippen LogP contribution in [0.2, 0.25) is 0 Å². The standard InChI is InChI=1S/C3H10N2O4/c4-3(8-6)1-2-7-9-5/h3,6H,1-2,4-5H2. The molecule has 1 unspecified atom stereocenters. The highest BCUT2D eigenvalue weighted by atomic mass is 17.3. The van der Waals surface area contributed by atoms with Gasteiger partial charge in [-0.15, -0.1) is 4.99 Å². The van der Waals surface area contributed by atoms with Crippen LogP contribution in [0.4, 0.5) is 0 Å². The molecule has 6 nitrogen and oxygen atoms in total. The van der Waals surface area contributed by atoms with Gasteiger partial charge in [-0.1, -0.05) is 0 Å². The molecule has 0 aromatic carbocycles. The lowest BCUT2D eigenvalue weighted by Crippen LogP contribution is -2.24. The van der Waals surface area contributed by atoms with Gasteiger partial charge >= 0.3 is 0 Å². The summed E-state index contributed by atoms with van der Waals surface area (Å²) in [6.45, 7) is 0.179. The molecular weight excluding hydrogens is 128 g/mol. The summed E-state index contributed by atoms with van der Waals surface area (Å²) in [4.78, 5) is 11.7. The molecule has 0 saturated carbocycles. The molecule has 0 aromatic heterocycles. The molecule has 0 amide bonds. The Kier molecular flexibility index (Phi) is 5.73. The summed E-state index contributed by atoms with van der Waals surface area (Å²) < 4.78 is 0. The first-order valence-electron chi connectivity index (χ1n) is 2.35. The summed E-state index contributed by atoms with van der Waals surface area (Å²) >= 11 is 0. The maximum Gasteiger partial charge on any atom is 0.143 e. The molecule has 6 heteroatoms. The van der Waals surface area contributed by atoms with Gasteiger partial charge in [-0.05, 0) is 0 Å². The van der Waals surface area contributed by atoms with Crippen LogP contribution >= 0.6 is 0 Å². The summed E-state index contributed by atoms with van der Waals surface area (Å²) in [6.07, 6.45) is -0.437. The molecule has 1 atom stereocenters. The van der Waals surface area contributed by atoms with Crippen molar-refractivity contribution in [3.8, 4) is 0 Å². The molecule has 9 heavy (non-hydrogen) atoms. The number of hydrogen-bond donors (Lipinski definition) is 3. The van der Waals surface area contributed by atoms with Crippen molar-refractivity contribution >= 4 is 0 Å². The zero-order valence-corrected chi connectivity index (χ0v) is 4.82. The summed E-state index contributed by atoms with van der Waals surface area (Å²) in [5.74, 6) is 4.49. The van der Waals surface area contributed by atoms with Gasteiger partial charge in [0.05, 0.1) is 6.61 Å². The van der Waals surface area contributed by atoms with Crippen LogP contribution in [0.1, 0.15) is 6.42 Å². The van der Waals surface area contributed by atoms with E-state index < -0.39 is 6.23 Å². The van der Waals surface area contributed by atoms with Gasteiger partial charge in [0.1, 0.15) is 6.23 Å². The van der Waals surface area contributed by atoms with Crippen molar-refractivity contribution in [1.82, 2.24) is 0 Å². The minimum Gasteiger partial charge on any atom is -0.303 e. The first kappa shape index (κ1) is 8.76. The highest BCUT2D eigenvalue weighted by molar-refractivity contribution is 4.41. The number of rotatable bonds is 5. The second-order valence-corrected chi connectivity index (χ2v) is 1.35. The van der Waals surface area contributed by atoms with Crippen LogP contribution in [-0.2, 0) is 14.8 Å². The number of nitrogens with two attached hydrogens (primary N) is 2. The minimum absolute atomic E-state index is 0.179. The Labute approximate surface area is 52.1 Å². The molecule has 0 fully saturated rings. The van der Waals surface area contributed by atoms with Crippen molar-refractivity contribution in [2.24, 2.45) is 11.6 Å². The van der Waals surface area contributed by atoms with Crippen LogP contribution in [0.3, 0.4) is 0 Å². The second-order valence-electron chi connectivity index (χ2n) is 1.35. The molecule has 0 radical (unpaired) electrons. The molecule has 0 spiro atoms. The predicted octanol–water partition coefficient (Wildman–Crippen LogP) is -1.03. The van der Waals surface area contributed by atoms with E-state index in [0.29, 0.717) is 6.42 Å². The fourth-order valence-electron chi connectivity index (χ4n) is 0.265. The van der Waals surface area contributed by atoms with E-state index in [9.17, 15) is 0 Å². The van der Waals surface area contributed by atoms with E-state index in [2.05, 4.69) is 20.7 Å². The maximum atomic E-state index is 7.88. The third-order valence-electron chi connectivity index (χ3n) is 0.689. The Morgan fingerprint density at radius 1 is 1.56 bits per heavy atom. The van der Waals surface area contributed by atoms with E-state index in [-0.39, 0.29) is 6.61 Å². The van der Waals surface area contributed by atoms with Crippen molar-refractivity contribution in [3.63, 3.8) is 0 Å². The lowest BCUT2D eigenvalue weighted by molar-refractivity contribution is -0.316. The van der Waals surface area contributed by atoms with Crippen LogP contribution in [0.5, 0.6) is 0 Å². The third-order valence-corrected chi connectivity index (χ3v) is 0.689. The normalized spacial score (nSPS) is 13.7. The molecule has 0 rings (SSSR count). The maximum absolute atomic E-state index is 7.88. The largest absolute Gasteiger partial charge is 0.303 e. The molecular formula is C3H10N2O4. The predicted molar refractivity (Wildman–Crippen MR) is 27.5 cm³/mol. The Hall–Kier alpha value is -0.240. The van der Waals surface area contributed by atoms with Gasteiger partial charge in [0.15, 0.2) is 0 Å². The van der Waals surface area contributed by atoms with Crippen LogP contribution in [0.15, 0.2) is 0 Å². The molecule has 56 valence electrons. The van der Waals surface area contributed by atoms with Crippen LogP contribution in [-0.4, -0.2) is 18.1 Å². The molecule has 0 aliphatic carbocycles. The van der Waals surface area contributed by atoms with Crippen LogP contribution in [0.25, 0.3) is 0 Å². The zero-order valence-electron chi connectivity index (χ0n) is 4.82. The zero-order chi connectivity index (χ0) is 7.11. The minimum atomic E-state index is -0.750. The van der Waals surface area contributed by atoms with Crippen molar-refractivity contribution in [2.45, 2.75) is 12.6 Å². The fourth-order valence-corrected chi connectivity index (χ4v) is 0.265. The van der Waals surface area contributed by atoms with E-state index >= 15 is 0 Å². The average molecular weight is 138 g/mol. The first-order chi connectivity index (χ1) is 4.31. The summed E-state index contributed by atoms with van der Waals surface area (Å²) in [5.41, 5.74) is 5.07. The number of hydrogen-bond acceptors (Lipinski definition) is 6. The SMILES string of the molecule is NOOCCC(N)OO. The van der Waals surface area contributed by atoms with Crippen molar-refractivity contribution in [3.05, 3.63) is 0 Å². The fraction of sp³-hybridized carbons (Fsp3) is 1.00. The quantitative estimate of drug-likeness (QED) is 0.194. The molecule has 0 heterocycles. The highest BCUT2D eigenvalue weighted by Crippen LogP contribution is 1.87. The van der Waals surface area contributed by atoms with Crippen LogP contribution in [0, 0.1) is 0 Å². The first-order valence-corrected chi connectivity index (χ1v) is 2.35. The third kappa shape index (κ3) is 5.63. The van der Waals surface area contributed by atoms with Gasteiger partial charge in [0.2, 0.25) is 0 Å². The second kappa shape index (κ2) is 5.89. The van der Waals surface area contributed by atoms with Crippen molar-refractivity contribution in [1.29, 1.82) is 0 Å². The molecule has 0 aromatic rings. The lowest BCUT2D eigenvalue weighted by atomic mass is 10.4. The lowest BCUT2D eigenvalue weighted by Gasteiger charge is -2.04. The van der Waals surface area contributed by atoms with Gasteiger partial charge in [0.25, 0.3) is 0 Å². The van der Waals surface area contributed by atoms with E-state index in [1.54, 1.807) is 0 Å². The van der Waals surface area contributed by atoms with E-state index in [1.165, 1.54) is 0 Å². The van der Waals surface area contributed by atoms with Crippen molar-refractivity contribution < 1.29 is 20.0 Å². The summed E-state index contributed by atoms with van der Waals surface area (Å²) in [7, 11) is 0. The molecule has 0 aliphatic heterocycles. The Balaban J connectivity index is 2.88. The van der Waals surface area contributed by atoms with E-state index in [0.717, 1.165) is 0 Å². The molecule has 0 saturated heterocycles. The molecule has 0 aliphatic rings.